The molecule has 2 saturated carbocycles. The summed E-state index contributed by atoms with van der Waals surface area (Å²) < 4.78 is 0. The lowest BCUT2D eigenvalue weighted by atomic mass is 9.48. The van der Waals surface area contributed by atoms with Gasteiger partial charge in [-0.25, -0.2) is 0 Å². The second-order valence-corrected chi connectivity index (χ2v) is 9.51. The summed E-state index contributed by atoms with van der Waals surface area (Å²) in [5.74, 6) is 1.73. The normalized spacial score (nSPS) is 38.0. The lowest BCUT2D eigenvalue weighted by Crippen LogP contribution is -2.47. The second kappa shape index (κ2) is 5.77. The van der Waals surface area contributed by atoms with E-state index in [2.05, 4.69) is 44.0 Å². The number of carbonyl (C=O) groups is 1. The molecule has 1 aromatic rings. The van der Waals surface area contributed by atoms with Crippen molar-refractivity contribution >= 4 is 11.4 Å². The van der Waals surface area contributed by atoms with E-state index in [1.807, 2.05) is 18.5 Å². The number of rotatable bonds is 1. The highest BCUT2D eigenvalue weighted by atomic mass is 16.1. The summed E-state index contributed by atoms with van der Waals surface area (Å²) in [4.78, 5) is 16.7. The molecule has 0 aliphatic heterocycles. The standard InChI is InChI=1S/C25H29NO/c1-16-19-7-6-18-21-9-8-20(17-5-4-14-26-15-17)25(21,3)12-10-22(18)24(19,2)13-11-23(16)27/h4-5,8-9,14-15,18,22H,6-7,10-13H2,1-3H3/t18?,22?,24-,25+/m0/s1. The smallest absolute Gasteiger partial charge is 0.158 e. The molecule has 0 spiro atoms. The van der Waals surface area contributed by atoms with Crippen LogP contribution in [0.15, 0.2) is 53.4 Å². The minimum Gasteiger partial charge on any atom is -0.295 e. The molecule has 2 heteroatoms. The average molecular weight is 360 g/mol. The maximum atomic E-state index is 12.3. The van der Waals surface area contributed by atoms with Gasteiger partial charge in [-0.3, -0.25) is 9.78 Å². The van der Waals surface area contributed by atoms with Crippen molar-refractivity contribution in [2.75, 3.05) is 0 Å². The summed E-state index contributed by atoms with van der Waals surface area (Å²) >= 11 is 0. The largest absolute Gasteiger partial charge is 0.295 e. The maximum Gasteiger partial charge on any atom is 0.158 e. The molecule has 0 radical (unpaired) electrons. The van der Waals surface area contributed by atoms with E-state index < -0.39 is 0 Å². The van der Waals surface area contributed by atoms with Crippen LogP contribution in [0, 0.1) is 22.7 Å². The number of pyridine rings is 1. The van der Waals surface area contributed by atoms with Gasteiger partial charge in [-0.05, 0) is 79.1 Å². The quantitative estimate of drug-likeness (QED) is 0.623. The zero-order valence-corrected chi connectivity index (χ0v) is 16.7. The molecular weight excluding hydrogens is 330 g/mol. The highest BCUT2D eigenvalue weighted by Gasteiger charge is 2.55. The van der Waals surface area contributed by atoms with Gasteiger partial charge in [-0.1, -0.05) is 43.2 Å². The molecule has 5 rings (SSSR count). The van der Waals surface area contributed by atoms with E-state index in [-0.39, 0.29) is 10.8 Å². The number of Topliss-reactive ketones (excluding diaryl/α,β-unsaturated/α-hetero) is 1. The molecule has 0 saturated heterocycles. The Morgan fingerprint density at radius 1 is 1.11 bits per heavy atom. The van der Waals surface area contributed by atoms with Crippen molar-refractivity contribution in [2.24, 2.45) is 22.7 Å². The van der Waals surface area contributed by atoms with Crippen molar-refractivity contribution in [2.45, 2.75) is 59.3 Å². The molecule has 2 nitrogen and oxygen atoms in total. The van der Waals surface area contributed by atoms with Crippen molar-refractivity contribution in [3.8, 4) is 0 Å². The van der Waals surface area contributed by atoms with Crippen LogP contribution in [0.4, 0.5) is 0 Å². The number of hydrogen-bond donors (Lipinski definition) is 0. The Labute approximate surface area is 162 Å². The first-order chi connectivity index (χ1) is 12.9. The van der Waals surface area contributed by atoms with Gasteiger partial charge in [-0.2, -0.15) is 0 Å². The fourth-order valence-corrected chi connectivity index (χ4v) is 6.92. The van der Waals surface area contributed by atoms with E-state index >= 15 is 0 Å². The Bertz CT molecular complexity index is 906. The molecule has 27 heavy (non-hydrogen) atoms. The Balaban J connectivity index is 1.51. The molecule has 1 heterocycles. The summed E-state index contributed by atoms with van der Waals surface area (Å²) in [6, 6.07) is 4.25. The van der Waals surface area contributed by atoms with Gasteiger partial charge in [0.05, 0.1) is 0 Å². The molecule has 0 N–H and O–H groups in total. The number of nitrogens with zero attached hydrogens (tertiary/aromatic N) is 1. The summed E-state index contributed by atoms with van der Waals surface area (Å²) in [6.45, 7) is 6.99. The van der Waals surface area contributed by atoms with E-state index in [0.717, 1.165) is 24.8 Å². The SMILES string of the molecule is CC1=C2CCC3C4=CC=C(c5cccnc5)[C@@]4(C)CCC3[C@@]2(C)CCC1=O. The number of allylic oxidation sites excluding steroid dienone is 6. The highest BCUT2D eigenvalue weighted by Crippen LogP contribution is 2.65. The lowest BCUT2D eigenvalue weighted by molar-refractivity contribution is -0.117. The van der Waals surface area contributed by atoms with Crippen LogP contribution in [0.3, 0.4) is 0 Å². The van der Waals surface area contributed by atoms with Crippen molar-refractivity contribution in [1.29, 1.82) is 0 Å². The zero-order valence-electron chi connectivity index (χ0n) is 16.7. The topological polar surface area (TPSA) is 30.0 Å². The van der Waals surface area contributed by atoms with Crippen LogP contribution in [0.2, 0.25) is 0 Å². The molecule has 2 unspecified atom stereocenters. The highest BCUT2D eigenvalue weighted by molar-refractivity contribution is 5.96. The van der Waals surface area contributed by atoms with E-state index in [9.17, 15) is 4.79 Å². The third-order valence-electron chi connectivity index (χ3n) is 8.43. The summed E-state index contributed by atoms with van der Waals surface area (Å²) in [6.07, 6.45) is 15.2. The second-order valence-electron chi connectivity index (χ2n) is 9.51. The van der Waals surface area contributed by atoms with Crippen LogP contribution in [-0.4, -0.2) is 10.8 Å². The predicted molar refractivity (Wildman–Crippen MR) is 109 cm³/mol. The number of aromatic nitrogens is 1. The summed E-state index contributed by atoms with van der Waals surface area (Å²) in [7, 11) is 0. The molecule has 4 aliphatic carbocycles. The third-order valence-corrected chi connectivity index (χ3v) is 8.43. The monoisotopic (exact) mass is 359 g/mol. The minimum absolute atomic E-state index is 0.154. The van der Waals surface area contributed by atoms with Crippen molar-refractivity contribution in [3.63, 3.8) is 0 Å². The van der Waals surface area contributed by atoms with Gasteiger partial charge >= 0.3 is 0 Å². The van der Waals surface area contributed by atoms with E-state index in [0.29, 0.717) is 17.6 Å². The summed E-state index contributed by atoms with van der Waals surface area (Å²) in [5, 5.41) is 0. The summed E-state index contributed by atoms with van der Waals surface area (Å²) in [5.41, 5.74) is 7.32. The minimum atomic E-state index is 0.154. The number of carbonyl (C=O) groups excluding carboxylic acids is 1. The molecule has 0 aromatic carbocycles. The Morgan fingerprint density at radius 3 is 2.74 bits per heavy atom. The molecule has 0 amide bonds. The first-order valence-electron chi connectivity index (χ1n) is 10.5. The van der Waals surface area contributed by atoms with Crippen LogP contribution >= 0.6 is 0 Å². The third kappa shape index (κ3) is 2.25. The molecule has 4 atom stereocenters. The molecule has 140 valence electrons. The fourth-order valence-electron chi connectivity index (χ4n) is 6.92. The van der Waals surface area contributed by atoms with Gasteiger partial charge in [0, 0.05) is 24.2 Å². The first-order valence-corrected chi connectivity index (χ1v) is 10.5. The number of ketones is 1. The van der Waals surface area contributed by atoms with E-state index in [1.165, 1.54) is 36.0 Å². The average Bonchev–Trinajstić information content (AvgIpc) is 3.03. The molecule has 1 aromatic heterocycles. The molecular formula is C25H29NO. The maximum absolute atomic E-state index is 12.3. The van der Waals surface area contributed by atoms with Crippen molar-refractivity contribution < 1.29 is 4.79 Å². The fraction of sp³-hybridized carbons (Fsp3) is 0.520. The van der Waals surface area contributed by atoms with E-state index in [1.54, 1.807) is 5.57 Å². The number of hydrogen-bond acceptors (Lipinski definition) is 2. The predicted octanol–water partition coefficient (Wildman–Crippen LogP) is 5.92. The van der Waals surface area contributed by atoms with Gasteiger partial charge in [0.25, 0.3) is 0 Å². The van der Waals surface area contributed by atoms with Crippen LogP contribution < -0.4 is 0 Å². The molecule has 0 bridgehead atoms. The lowest BCUT2D eigenvalue weighted by Gasteiger charge is -2.56. The zero-order chi connectivity index (χ0) is 18.8. The van der Waals surface area contributed by atoms with Crippen LogP contribution in [0.5, 0.6) is 0 Å². The Hall–Kier alpha value is -1.96. The molecule has 2 fully saturated rings. The van der Waals surface area contributed by atoms with Gasteiger partial charge < -0.3 is 0 Å². The van der Waals surface area contributed by atoms with Gasteiger partial charge in [0.2, 0.25) is 0 Å². The van der Waals surface area contributed by atoms with Crippen LogP contribution in [0.25, 0.3) is 5.57 Å². The van der Waals surface area contributed by atoms with E-state index in [4.69, 9.17) is 0 Å². The van der Waals surface area contributed by atoms with Gasteiger partial charge in [0.1, 0.15) is 0 Å². The first kappa shape index (κ1) is 17.2. The Morgan fingerprint density at radius 2 is 1.96 bits per heavy atom. The van der Waals surface area contributed by atoms with Gasteiger partial charge in [-0.15, -0.1) is 0 Å². The van der Waals surface area contributed by atoms with Gasteiger partial charge in [0.15, 0.2) is 5.78 Å². The molecule has 4 aliphatic rings. The van der Waals surface area contributed by atoms with Crippen LogP contribution in [-0.2, 0) is 4.79 Å². The Kier molecular flexibility index (Phi) is 3.67. The number of fused-ring (bicyclic) bond motifs is 5. The van der Waals surface area contributed by atoms with Crippen molar-refractivity contribution in [3.05, 3.63) is 59.0 Å². The van der Waals surface area contributed by atoms with Crippen LogP contribution in [0.1, 0.15) is 64.9 Å². The van der Waals surface area contributed by atoms with Crippen molar-refractivity contribution in [1.82, 2.24) is 4.98 Å².